The number of rotatable bonds is 6. The molecule has 0 spiro atoms. The van der Waals surface area contributed by atoms with Gasteiger partial charge in [0.25, 0.3) is 0 Å². The molecule has 0 aliphatic heterocycles. The number of aliphatic hydroxyl groups excluding tert-OH is 1. The highest BCUT2D eigenvalue weighted by Crippen LogP contribution is 2.67. The molecule has 0 bridgehead atoms. The van der Waals surface area contributed by atoms with Crippen molar-refractivity contribution < 1.29 is 24.2 Å². The Bertz CT molecular complexity index is 345. The summed E-state index contributed by atoms with van der Waals surface area (Å²) in [6, 6.07) is 0. The molecule has 2 rings (SSSR count). The second-order valence-electron chi connectivity index (χ2n) is 7.94. The molecule has 0 aromatic rings. The third kappa shape index (κ3) is 2.90. The van der Waals surface area contributed by atoms with E-state index in [1.54, 1.807) is 0 Å². The summed E-state index contributed by atoms with van der Waals surface area (Å²) < 4.78 is 11.5. The molecule has 0 atom stereocenters. The van der Waals surface area contributed by atoms with E-state index in [0.717, 1.165) is 25.7 Å². The van der Waals surface area contributed by atoms with Crippen molar-refractivity contribution in [3.63, 3.8) is 0 Å². The van der Waals surface area contributed by atoms with Crippen molar-refractivity contribution in [2.24, 2.45) is 10.8 Å². The van der Waals surface area contributed by atoms with Crippen molar-refractivity contribution in [2.45, 2.75) is 64.6 Å². The maximum Gasteiger partial charge on any atom is 0.327 e. The standard InChI is InChI=1S/C14H27O5P/c1-11(2)7-13(8-11,18-6-5-15)14(19-20(16)17)9-12(3,4)10-14/h15-17H,5-10H2,1-4H3. The van der Waals surface area contributed by atoms with Crippen LogP contribution in [0.25, 0.3) is 0 Å². The van der Waals surface area contributed by atoms with Gasteiger partial charge in [-0.2, -0.15) is 0 Å². The zero-order chi connectivity index (χ0) is 15.2. The van der Waals surface area contributed by atoms with Gasteiger partial charge in [-0.1, -0.05) is 27.7 Å². The summed E-state index contributed by atoms with van der Waals surface area (Å²) >= 11 is 0. The van der Waals surface area contributed by atoms with Crippen LogP contribution in [0, 0.1) is 10.8 Å². The molecule has 0 aromatic heterocycles. The zero-order valence-corrected chi connectivity index (χ0v) is 13.7. The van der Waals surface area contributed by atoms with E-state index in [-0.39, 0.29) is 24.0 Å². The lowest BCUT2D eigenvalue weighted by molar-refractivity contribution is -0.296. The Kier molecular flexibility index (Phi) is 4.27. The Balaban J connectivity index is 2.20. The van der Waals surface area contributed by atoms with Crippen molar-refractivity contribution >= 4 is 8.60 Å². The number of ether oxygens (including phenoxy) is 1. The van der Waals surface area contributed by atoms with Crippen LogP contribution in [0.2, 0.25) is 0 Å². The van der Waals surface area contributed by atoms with Crippen LogP contribution < -0.4 is 0 Å². The Morgan fingerprint density at radius 3 is 1.70 bits per heavy atom. The normalized spacial score (nSPS) is 28.8. The Labute approximate surface area is 122 Å². The summed E-state index contributed by atoms with van der Waals surface area (Å²) in [5, 5.41) is 9.06. The van der Waals surface area contributed by atoms with Gasteiger partial charge in [0.1, 0.15) is 5.60 Å². The highest BCUT2D eigenvalue weighted by atomic mass is 31.2. The quantitative estimate of drug-likeness (QED) is 0.656. The fourth-order valence-electron chi connectivity index (χ4n) is 4.41. The Morgan fingerprint density at radius 1 is 0.900 bits per heavy atom. The number of aliphatic hydroxyl groups is 1. The average molecular weight is 306 g/mol. The van der Waals surface area contributed by atoms with Crippen LogP contribution in [0.5, 0.6) is 0 Å². The molecular weight excluding hydrogens is 279 g/mol. The topological polar surface area (TPSA) is 79.2 Å². The van der Waals surface area contributed by atoms with Gasteiger partial charge < -0.3 is 24.2 Å². The Morgan fingerprint density at radius 2 is 1.35 bits per heavy atom. The molecule has 0 unspecified atom stereocenters. The molecule has 6 heteroatoms. The minimum absolute atomic E-state index is 0.0331. The summed E-state index contributed by atoms with van der Waals surface area (Å²) in [6.45, 7) is 8.87. The molecule has 2 saturated carbocycles. The van der Waals surface area contributed by atoms with E-state index in [0.29, 0.717) is 0 Å². The first-order chi connectivity index (χ1) is 9.06. The predicted molar refractivity (Wildman–Crippen MR) is 77.0 cm³/mol. The minimum atomic E-state index is -2.41. The summed E-state index contributed by atoms with van der Waals surface area (Å²) in [5.41, 5.74) is -0.836. The molecule has 0 radical (unpaired) electrons. The van der Waals surface area contributed by atoms with Gasteiger partial charge in [-0.05, 0) is 36.5 Å². The van der Waals surface area contributed by atoms with E-state index in [2.05, 4.69) is 27.7 Å². The molecule has 0 heterocycles. The SMILES string of the molecule is CC1(C)CC(OCCO)(C2(OP(O)O)CC(C)(C)C2)C1. The molecule has 118 valence electrons. The molecular formula is C14H27O5P. The van der Waals surface area contributed by atoms with Gasteiger partial charge in [0, 0.05) is 0 Å². The van der Waals surface area contributed by atoms with Crippen LogP contribution in [0.15, 0.2) is 0 Å². The highest BCUT2D eigenvalue weighted by Gasteiger charge is 2.69. The van der Waals surface area contributed by atoms with Gasteiger partial charge in [-0.25, -0.2) is 0 Å². The second-order valence-corrected chi connectivity index (χ2v) is 8.63. The maximum atomic E-state index is 9.35. The first-order valence-electron chi connectivity index (χ1n) is 7.17. The summed E-state index contributed by atoms with van der Waals surface area (Å²) in [4.78, 5) is 18.7. The molecule has 2 aliphatic rings. The fraction of sp³-hybridized carbons (Fsp3) is 1.00. The lowest BCUT2D eigenvalue weighted by atomic mass is 9.46. The van der Waals surface area contributed by atoms with Gasteiger partial charge in [0.2, 0.25) is 0 Å². The Hall–Kier alpha value is 0.230. The van der Waals surface area contributed by atoms with Crippen LogP contribution in [0.1, 0.15) is 53.4 Å². The van der Waals surface area contributed by atoms with Gasteiger partial charge in [0.15, 0.2) is 0 Å². The van der Waals surface area contributed by atoms with E-state index in [4.69, 9.17) is 14.4 Å². The van der Waals surface area contributed by atoms with Crippen molar-refractivity contribution in [1.29, 1.82) is 0 Å². The molecule has 0 saturated heterocycles. The molecule has 2 fully saturated rings. The minimum Gasteiger partial charge on any atom is -0.394 e. The lowest BCUT2D eigenvalue weighted by Gasteiger charge is -2.67. The lowest BCUT2D eigenvalue weighted by Crippen LogP contribution is -2.72. The van der Waals surface area contributed by atoms with Gasteiger partial charge >= 0.3 is 8.60 Å². The number of hydrogen-bond acceptors (Lipinski definition) is 5. The van der Waals surface area contributed by atoms with Gasteiger partial charge in [-0.15, -0.1) is 0 Å². The fourth-order valence-corrected chi connectivity index (χ4v) is 5.02. The van der Waals surface area contributed by atoms with Gasteiger partial charge in [0.05, 0.1) is 18.8 Å². The summed E-state index contributed by atoms with van der Waals surface area (Å²) in [7, 11) is -2.41. The first kappa shape index (κ1) is 16.6. The van der Waals surface area contributed by atoms with Crippen molar-refractivity contribution in [3.05, 3.63) is 0 Å². The molecule has 0 aromatic carbocycles. The average Bonchev–Trinajstić information content (AvgIpc) is 2.18. The number of hydrogen-bond donors (Lipinski definition) is 3. The predicted octanol–water partition coefficient (Wildman–Crippen LogP) is 2.34. The van der Waals surface area contributed by atoms with E-state index >= 15 is 0 Å². The van der Waals surface area contributed by atoms with Crippen LogP contribution in [-0.2, 0) is 9.26 Å². The van der Waals surface area contributed by atoms with Crippen LogP contribution in [-0.4, -0.2) is 39.3 Å². The first-order valence-corrected chi connectivity index (χ1v) is 8.34. The van der Waals surface area contributed by atoms with Crippen LogP contribution >= 0.6 is 8.60 Å². The molecule has 2 aliphatic carbocycles. The molecule has 20 heavy (non-hydrogen) atoms. The second kappa shape index (κ2) is 5.15. The molecule has 0 amide bonds. The summed E-state index contributed by atoms with van der Waals surface area (Å²) in [5.74, 6) is 0. The highest BCUT2D eigenvalue weighted by molar-refractivity contribution is 7.39. The van der Waals surface area contributed by atoms with Crippen molar-refractivity contribution in [2.75, 3.05) is 13.2 Å². The zero-order valence-electron chi connectivity index (χ0n) is 12.8. The van der Waals surface area contributed by atoms with E-state index < -0.39 is 19.8 Å². The van der Waals surface area contributed by atoms with Crippen molar-refractivity contribution in [1.82, 2.24) is 0 Å². The van der Waals surface area contributed by atoms with E-state index in [1.165, 1.54) is 0 Å². The van der Waals surface area contributed by atoms with Crippen LogP contribution in [0.3, 0.4) is 0 Å². The maximum absolute atomic E-state index is 9.35. The largest absolute Gasteiger partial charge is 0.394 e. The van der Waals surface area contributed by atoms with Gasteiger partial charge in [-0.3, -0.25) is 0 Å². The van der Waals surface area contributed by atoms with Crippen molar-refractivity contribution in [3.8, 4) is 0 Å². The molecule has 3 N–H and O–H groups in total. The third-order valence-corrected chi connectivity index (χ3v) is 5.13. The van der Waals surface area contributed by atoms with E-state index in [9.17, 15) is 9.79 Å². The summed E-state index contributed by atoms with van der Waals surface area (Å²) in [6.07, 6.45) is 3.14. The molecule has 5 nitrogen and oxygen atoms in total. The third-order valence-electron chi connectivity index (χ3n) is 4.61. The van der Waals surface area contributed by atoms with E-state index in [1.807, 2.05) is 0 Å². The van der Waals surface area contributed by atoms with Crippen LogP contribution in [0.4, 0.5) is 0 Å². The smallest absolute Gasteiger partial charge is 0.327 e. The monoisotopic (exact) mass is 306 g/mol.